The number of benzene rings is 2. The number of amides is 2. The second-order valence-corrected chi connectivity index (χ2v) is 6.67. The SMILES string of the molecule is C[C@H](C(=O)NO)N1CC[C@@](C)(c2ccc(Oc3ccccc3)cc2)C1=O. The maximum atomic E-state index is 12.9. The van der Waals surface area contributed by atoms with Gasteiger partial charge in [0, 0.05) is 6.54 Å². The summed E-state index contributed by atoms with van der Waals surface area (Å²) < 4.78 is 5.79. The van der Waals surface area contributed by atoms with Crippen LogP contribution in [0.2, 0.25) is 0 Å². The number of nitrogens with one attached hydrogen (secondary N) is 1. The van der Waals surface area contributed by atoms with Gasteiger partial charge in [0.1, 0.15) is 17.5 Å². The van der Waals surface area contributed by atoms with Crippen LogP contribution < -0.4 is 10.2 Å². The van der Waals surface area contributed by atoms with Crippen molar-refractivity contribution in [3.63, 3.8) is 0 Å². The van der Waals surface area contributed by atoms with Crippen LogP contribution in [-0.4, -0.2) is 34.5 Å². The summed E-state index contributed by atoms with van der Waals surface area (Å²) in [6, 6.07) is 16.2. The lowest BCUT2D eigenvalue weighted by atomic mass is 9.81. The predicted octanol–water partition coefficient (Wildman–Crippen LogP) is 2.86. The van der Waals surface area contributed by atoms with E-state index in [2.05, 4.69) is 0 Å². The van der Waals surface area contributed by atoms with Crippen molar-refractivity contribution in [2.75, 3.05) is 6.54 Å². The summed E-state index contributed by atoms with van der Waals surface area (Å²) in [6.07, 6.45) is 0.605. The molecule has 1 heterocycles. The van der Waals surface area contributed by atoms with Crippen molar-refractivity contribution in [1.82, 2.24) is 10.4 Å². The Labute approximate surface area is 152 Å². The highest BCUT2D eigenvalue weighted by atomic mass is 16.5. The molecule has 0 radical (unpaired) electrons. The van der Waals surface area contributed by atoms with E-state index in [9.17, 15) is 9.59 Å². The van der Waals surface area contributed by atoms with E-state index in [1.165, 1.54) is 4.90 Å². The van der Waals surface area contributed by atoms with Crippen molar-refractivity contribution < 1.29 is 19.5 Å². The lowest BCUT2D eigenvalue weighted by molar-refractivity contribution is -0.143. The molecule has 1 fully saturated rings. The first-order valence-electron chi connectivity index (χ1n) is 8.54. The van der Waals surface area contributed by atoms with E-state index in [1.54, 1.807) is 12.4 Å². The highest BCUT2D eigenvalue weighted by Gasteiger charge is 2.46. The van der Waals surface area contributed by atoms with Crippen molar-refractivity contribution in [2.45, 2.75) is 31.7 Å². The standard InChI is InChI=1S/C20H22N2O4/c1-14(18(23)21-25)22-13-12-20(2,19(22)24)15-8-10-17(11-9-15)26-16-6-4-3-5-7-16/h3-11,14,25H,12-13H2,1-2H3,(H,21,23)/t14-,20+/m1/s1. The Hall–Kier alpha value is -2.86. The summed E-state index contributed by atoms with van der Waals surface area (Å²) in [7, 11) is 0. The average Bonchev–Trinajstić information content (AvgIpc) is 2.98. The Bertz CT molecular complexity index is 791. The van der Waals surface area contributed by atoms with Crippen LogP contribution in [0, 0.1) is 0 Å². The molecule has 2 aromatic rings. The predicted molar refractivity (Wildman–Crippen MR) is 96.0 cm³/mol. The topological polar surface area (TPSA) is 78.9 Å². The third-order valence-corrected chi connectivity index (χ3v) is 5.01. The minimum absolute atomic E-state index is 0.120. The zero-order valence-corrected chi connectivity index (χ0v) is 14.8. The first kappa shape index (κ1) is 17.9. The number of ether oxygens (including phenoxy) is 1. The fourth-order valence-electron chi connectivity index (χ4n) is 3.26. The number of hydroxylamine groups is 1. The molecule has 0 unspecified atom stereocenters. The summed E-state index contributed by atoms with van der Waals surface area (Å²) in [5.74, 6) is 0.733. The summed E-state index contributed by atoms with van der Waals surface area (Å²) in [5.41, 5.74) is 1.79. The Morgan fingerprint density at radius 2 is 1.77 bits per heavy atom. The molecular weight excluding hydrogens is 332 g/mol. The van der Waals surface area contributed by atoms with Crippen molar-refractivity contribution in [1.29, 1.82) is 0 Å². The molecule has 0 aliphatic carbocycles. The zero-order chi connectivity index (χ0) is 18.7. The molecule has 1 aliphatic heterocycles. The number of hydrogen-bond acceptors (Lipinski definition) is 4. The molecule has 0 saturated carbocycles. The second kappa shape index (κ2) is 7.17. The number of hydrogen-bond donors (Lipinski definition) is 2. The van der Waals surface area contributed by atoms with E-state index in [4.69, 9.17) is 9.94 Å². The molecule has 26 heavy (non-hydrogen) atoms. The minimum Gasteiger partial charge on any atom is -0.457 e. The van der Waals surface area contributed by atoms with Gasteiger partial charge < -0.3 is 9.64 Å². The van der Waals surface area contributed by atoms with E-state index in [-0.39, 0.29) is 5.91 Å². The average molecular weight is 354 g/mol. The molecule has 2 N–H and O–H groups in total. The smallest absolute Gasteiger partial charge is 0.265 e. The van der Waals surface area contributed by atoms with E-state index < -0.39 is 17.4 Å². The lowest BCUT2D eigenvalue weighted by Crippen LogP contribution is -2.47. The van der Waals surface area contributed by atoms with Gasteiger partial charge >= 0.3 is 0 Å². The molecule has 136 valence electrons. The van der Waals surface area contributed by atoms with Crippen LogP contribution >= 0.6 is 0 Å². The Balaban J connectivity index is 1.76. The molecule has 0 spiro atoms. The Morgan fingerprint density at radius 3 is 2.38 bits per heavy atom. The van der Waals surface area contributed by atoms with Crippen LogP contribution in [0.1, 0.15) is 25.8 Å². The molecule has 1 saturated heterocycles. The van der Waals surface area contributed by atoms with Gasteiger partial charge in [0.05, 0.1) is 5.41 Å². The second-order valence-electron chi connectivity index (χ2n) is 6.67. The number of carbonyl (C=O) groups is 2. The highest BCUT2D eigenvalue weighted by Crippen LogP contribution is 2.37. The Kier molecular flexibility index (Phi) is 4.95. The zero-order valence-electron chi connectivity index (χ0n) is 14.8. The number of para-hydroxylation sites is 1. The van der Waals surface area contributed by atoms with Gasteiger partial charge in [0.15, 0.2) is 0 Å². The maximum absolute atomic E-state index is 12.9. The summed E-state index contributed by atoms with van der Waals surface area (Å²) in [4.78, 5) is 26.0. The number of nitrogens with zero attached hydrogens (tertiary/aromatic N) is 1. The van der Waals surface area contributed by atoms with Gasteiger partial charge in [0.2, 0.25) is 5.91 Å². The van der Waals surface area contributed by atoms with Gasteiger partial charge in [-0.1, -0.05) is 30.3 Å². The minimum atomic E-state index is -0.713. The van der Waals surface area contributed by atoms with Crippen LogP contribution in [0.25, 0.3) is 0 Å². The van der Waals surface area contributed by atoms with E-state index >= 15 is 0 Å². The third kappa shape index (κ3) is 3.28. The molecule has 0 bridgehead atoms. The fourth-order valence-corrected chi connectivity index (χ4v) is 3.26. The third-order valence-electron chi connectivity index (χ3n) is 5.01. The molecule has 2 atom stereocenters. The lowest BCUT2D eigenvalue weighted by Gasteiger charge is -2.27. The van der Waals surface area contributed by atoms with Crippen LogP contribution in [-0.2, 0) is 15.0 Å². The van der Waals surface area contributed by atoms with E-state index in [0.717, 1.165) is 11.3 Å². The van der Waals surface area contributed by atoms with Gasteiger partial charge in [-0.15, -0.1) is 0 Å². The van der Waals surface area contributed by atoms with E-state index in [1.807, 2.05) is 61.5 Å². The largest absolute Gasteiger partial charge is 0.457 e. The maximum Gasteiger partial charge on any atom is 0.265 e. The quantitative estimate of drug-likeness (QED) is 0.639. The van der Waals surface area contributed by atoms with Crippen LogP contribution in [0.4, 0.5) is 0 Å². The summed E-state index contributed by atoms with van der Waals surface area (Å²) >= 11 is 0. The van der Waals surface area contributed by atoms with Crippen LogP contribution in [0.15, 0.2) is 54.6 Å². The summed E-state index contributed by atoms with van der Waals surface area (Å²) in [5, 5.41) is 8.80. The van der Waals surface area contributed by atoms with Gasteiger partial charge in [-0.25, -0.2) is 5.48 Å². The van der Waals surface area contributed by atoms with E-state index in [0.29, 0.717) is 18.7 Å². The molecule has 6 nitrogen and oxygen atoms in total. The highest BCUT2D eigenvalue weighted by molar-refractivity contribution is 5.94. The molecule has 2 aromatic carbocycles. The molecule has 3 rings (SSSR count). The molecular formula is C20H22N2O4. The van der Waals surface area contributed by atoms with Gasteiger partial charge in [-0.05, 0) is 50.1 Å². The van der Waals surface area contributed by atoms with Crippen molar-refractivity contribution >= 4 is 11.8 Å². The van der Waals surface area contributed by atoms with Crippen molar-refractivity contribution in [2.24, 2.45) is 0 Å². The number of rotatable bonds is 5. The number of likely N-dealkylation sites (tertiary alicyclic amines) is 1. The summed E-state index contributed by atoms with van der Waals surface area (Å²) in [6.45, 7) is 3.95. The normalized spacial score (nSPS) is 20.7. The van der Waals surface area contributed by atoms with Crippen molar-refractivity contribution in [3.05, 3.63) is 60.2 Å². The van der Waals surface area contributed by atoms with Gasteiger partial charge in [0.25, 0.3) is 5.91 Å². The molecule has 6 heteroatoms. The molecule has 2 amide bonds. The van der Waals surface area contributed by atoms with Crippen molar-refractivity contribution in [3.8, 4) is 11.5 Å². The monoisotopic (exact) mass is 354 g/mol. The fraction of sp³-hybridized carbons (Fsp3) is 0.300. The first-order valence-corrected chi connectivity index (χ1v) is 8.54. The number of carbonyl (C=O) groups excluding carboxylic acids is 2. The van der Waals surface area contributed by atoms with Gasteiger partial charge in [-0.3, -0.25) is 14.8 Å². The van der Waals surface area contributed by atoms with Crippen LogP contribution in [0.3, 0.4) is 0 Å². The molecule has 1 aliphatic rings. The first-order chi connectivity index (χ1) is 12.5. The van der Waals surface area contributed by atoms with Crippen LogP contribution in [0.5, 0.6) is 11.5 Å². The van der Waals surface area contributed by atoms with Gasteiger partial charge in [-0.2, -0.15) is 0 Å². The Morgan fingerprint density at radius 1 is 1.15 bits per heavy atom. The molecule has 0 aromatic heterocycles.